The summed E-state index contributed by atoms with van der Waals surface area (Å²) in [7, 11) is 3.27. The summed E-state index contributed by atoms with van der Waals surface area (Å²) >= 11 is 0. The average Bonchev–Trinajstić information content (AvgIpc) is 4.06. The molecule has 4 atom stereocenters. The maximum atomic E-state index is 16.0. The molecule has 0 unspecified atom stereocenters. The molecule has 0 saturated heterocycles. The molecule has 0 aliphatic carbocycles. The van der Waals surface area contributed by atoms with E-state index in [1.807, 2.05) is 10.7 Å². The van der Waals surface area contributed by atoms with Crippen LogP contribution in [0.15, 0.2) is 79.3 Å². The van der Waals surface area contributed by atoms with Crippen molar-refractivity contribution in [3.8, 4) is 34.2 Å². The van der Waals surface area contributed by atoms with Crippen LogP contribution in [-0.2, 0) is 49.9 Å². The predicted molar refractivity (Wildman–Crippen MR) is 264 cm³/mol. The second-order valence-electron chi connectivity index (χ2n) is 19.7. The zero-order valence-electron chi connectivity index (χ0n) is 43.7. The zero-order chi connectivity index (χ0) is 59.2. The van der Waals surface area contributed by atoms with E-state index in [0.29, 0.717) is 68.2 Å². The number of fused-ring (bicyclic) bond motifs is 1. The number of nitrogens with zero attached hydrogens (tertiary/aromatic N) is 6. The Morgan fingerprint density at radius 2 is 1.27 bits per heavy atom. The number of rotatable bonds is 18. The number of imidazole rings is 1. The molecule has 3 aromatic carbocycles. The van der Waals surface area contributed by atoms with Gasteiger partial charge in [-0.15, -0.1) is 0 Å². The summed E-state index contributed by atoms with van der Waals surface area (Å²) in [5.41, 5.74) is -2.92. The number of carbonyl (C=O) groups excluding carboxylic acids is 5. The van der Waals surface area contributed by atoms with E-state index in [9.17, 15) is 64.2 Å². The number of aliphatic hydroxyl groups is 1. The molecule has 18 nitrogen and oxygen atoms in total. The first kappa shape index (κ1) is 61.0. The van der Waals surface area contributed by atoms with Crippen molar-refractivity contribution in [2.24, 2.45) is 10.8 Å². The average molecular weight is 1140 g/mol. The molecule has 0 fully saturated rings. The number of hydrazine groups is 1. The van der Waals surface area contributed by atoms with Gasteiger partial charge in [0.2, 0.25) is 11.8 Å². The second kappa shape index (κ2) is 24.4. The minimum absolute atomic E-state index is 0.0519. The third-order valence-electron chi connectivity index (χ3n) is 13.3. The molecule has 1 aliphatic rings. The Hall–Kier alpha value is -8.19. The van der Waals surface area contributed by atoms with Crippen LogP contribution in [-0.4, -0.2) is 129 Å². The fourth-order valence-corrected chi connectivity index (χ4v) is 8.08. The van der Waals surface area contributed by atoms with Crippen LogP contribution in [0.4, 0.5) is 53.5 Å². The first-order valence-corrected chi connectivity index (χ1v) is 24.0. The molecule has 430 valence electrons. The molecule has 6 rings (SSSR count). The Bertz CT molecular complexity index is 3110. The summed E-state index contributed by atoms with van der Waals surface area (Å²) in [6.07, 6.45) is -12.7. The molecule has 1 aliphatic heterocycles. The van der Waals surface area contributed by atoms with Crippen molar-refractivity contribution in [1.82, 2.24) is 50.6 Å². The Labute approximate surface area is 450 Å². The molecule has 0 radical (unpaired) electrons. The SMILES string of the molecule is COC(=O)N[C@H](C(=O)N[C@@H](Cc1ccc(C#Cc2ccc(-c3cn4c(n3)CN(C)C(=O)C4)cc2)cc1)[C@@H](O)CN(Cc1c(F)cc(-c2cnn(C(F)F)c2)cc1F)NC(=O)[C@@H](NC(=O)OC)C(C)(C)C(F)(F)F)C(C)(C)C(F)(F)F. The summed E-state index contributed by atoms with van der Waals surface area (Å²) in [4.78, 5) is 71.2. The first-order valence-electron chi connectivity index (χ1n) is 24.0. The maximum Gasteiger partial charge on any atom is 0.407 e. The molecule has 80 heavy (non-hydrogen) atoms. The van der Waals surface area contributed by atoms with Crippen molar-refractivity contribution >= 4 is 29.9 Å². The Morgan fingerprint density at radius 1 is 0.750 bits per heavy atom. The molecular weight excluding hydrogens is 1080 g/mol. The monoisotopic (exact) mass is 1140 g/mol. The highest BCUT2D eigenvalue weighted by Crippen LogP contribution is 2.42. The van der Waals surface area contributed by atoms with Gasteiger partial charge in [0, 0.05) is 60.3 Å². The number of likely N-dealkylation sites (N-methyl/N-ethyl adjacent to an activating group) is 1. The predicted octanol–water partition coefficient (Wildman–Crippen LogP) is 7.01. The van der Waals surface area contributed by atoms with Crippen molar-refractivity contribution in [2.75, 3.05) is 27.8 Å². The molecule has 0 spiro atoms. The van der Waals surface area contributed by atoms with Gasteiger partial charge in [-0.05, 0) is 81.6 Å². The number of hydrogen-bond acceptors (Lipinski definition) is 11. The van der Waals surface area contributed by atoms with Gasteiger partial charge in [-0.3, -0.25) is 19.8 Å². The fourth-order valence-electron chi connectivity index (χ4n) is 8.08. The highest BCUT2D eigenvalue weighted by Gasteiger charge is 2.57. The van der Waals surface area contributed by atoms with E-state index in [0.717, 1.165) is 38.0 Å². The van der Waals surface area contributed by atoms with Crippen LogP contribution in [0, 0.1) is 34.3 Å². The molecule has 5 N–H and O–H groups in total. The van der Waals surface area contributed by atoms with Gasteiger partial charge in [-0.1, -0.05) is 36.1 Å². The van der Waals surface area contributed by atoms with Crippen LogP contribution in [0.25, 0.3) is 22.4 Å². The minimum Gasteiger partial charge on any atom is -0.453 e. The minimum atomic E-state index is -5.24. The lowest BCUT2D eigenvalue weighted by Gasteiger charge is -2.38. The van der Waals surface area contributed by atoms with Crippen LogP contribution in [0.1, 0.15) is 62.3 Å². The summed E-state index contributed by atoms with van der Waals surface area (Å²) < 4.78 is 157. The number of halogens is 10. The van der Waals surface area contributed by atoms with E-state index in [-0.39, 0.29) is 33.8 Å². The highest BCUT2D eigenvalue weighted by molar-refractivity contribution is 5.87. The molecule has 28 heteroatoms. The number of aliphatic hydroxyl groups excluding tert-OH is 1. The summed E-state index contributed by atoms with van der Waals surface area (Å²) in [5.74, 6) is 0.554. The van der Waals surface area contributed by atoms with Crippen molar-refractivity contribution < 1.29 is 82.5 Å². The maximum absolute atomic E-state index is 16.0. The molecule has 5 aromatic rings. The smallest absolute Gasteiger partial charge is 0.407 e. The van der Waals surface area contributed by atoms with Gasteiger partial charge in [0.1, 0.15) is 36.1 Å². The van der Waals surface area contributed by atoms with Crippen molar-refractivity contribution in [3.05, 3.63) is 119 Å². The molecular formula is C52H54F10N10O8. The van der Waals surface area contributed by atoms with Gasteiger partial charge in [0.25, 0.3) is 5.91 Å². The van der Waals surface area contributed by atoms with Crippen molar-refractivity contribution in [3.63, 3.8) is 0 Å². The number of methoxy groups -OCH3 is 2. The lowest BCUT2D eigenvalue weighted by atomic mass is 9.82. The third kappa shape index (κ3) is 14.3. The van der Waals surface area contributed by atoms with Gasteiger partial charge < -0.3 is 40.0 Å². The number of nitrogens with one attached hydrogen (secondary N) is 4. The second-order valence-corrected chi connectivity index (χ2v) is 19.7. The number of carbonyl (C=O) groups is 5. The van der Waals surface area contributed by atoms with Gasteiger partial charge in [0.05, 0.1) is 55.6 Å². The number of amides is 5. The first-order chi connectivity index (χ1) is 37.3. The number of aromatic nitrogens is 4. The standard InChI is InChI=1S/C52H54F10N10O8/c1-49(2,51(57,58)59)42(66-47(77)79-6)44(75)65-37(18-30-12-10-28(11-13-30)8-9-29-14-16-31(17-15-29)38-24-70-27-41(74)69(5)26-40(70)64-38)39(73)25-71(68-45(76)43(67-48(78)80-7)50(3,4)52(60,61)62)23-34-35(53)19-32(20-36(34)54)33-21-63-72(22-33)46(55)56/h10-17,19-22,24,37,39,42-43,46,73H,18,23,25-27H2,1-7H3,(H,65,75)(H,66,77)(H,67,78)(H,68,76)/t37-,39-,42+,43+/m0/s1. The van der Waals surface area contributed by atoms with E-state index in [4.69, 9.17) is 0 Å². The van der Waals surface area contributed by atoms with Gasteiger partial charge in [-0.25, -0.2) is 33.0 Å². The number of benzene rings is 3. The van der Waals surface area contributed by atoms with Crippen molar-refractivity contribution in [2.45, 2.75) is 96.9 Å². The molecule has 0 bridgehead atoms. The Kier molecular flexibility index (Phi) is 18.6. The van der Waals surface area contributed by atoms with Gasteiger partial charge in [0.15, 0.2) is 0 Å². The van der Waals surface area contributed by atoms with E-state index in [1.165, 1.54) is 24.3 Å². The molecule has 5 amide bonds. The molecule has 2 aromatic heterocycles. The van der Waals surface area contributed by atoms with Crippen molar-refractivity contribution in [1.29, 1.82) is 0 Å². The lowest BCUT2D eigenvalue weighted by molar-refractivity contribution is -0.221. The summed E-state index contributed by atoms with van der Waals surface area (Å²) in [6.45, 7) is -2.68. The Morgan fingerprint density at radius 3 is 1.77 bits per heavy atom. The van der Waals surface area contributed by atoms with E-state index in [1.54, 1.807) is 52.3 Å². The fraction of sp³-hybridized carbons (Fsp3) is 0.404. The van der Waals surface area contributed by atoms with Crippen LogP contribution in [0.3, 0.4) is 0 Å². The van der Waals surface area contributed by atoms with Crippen LogP contribution in [0.2, 0.25) is 0 Å². The van der Waals surface area contributed by atoms with Gasteiger partial charge in [-0.2, -0.15) is 40.2 Å². The van der Waals surface area contributed by atoms with Gasteiger partial charge >= 0.3 is 31.1 Å². The topological polar surface area (TPSA) is 214 Å². The quantitative estimate of drug-likeness (QED) is 0.0342. The normalized spacial score (nSPS) is 14.6. The van der Waals surface area contributed by atoms with E-state index >= 15 is 8.78 Å². The highest BCUT2D eigenvalue weighted by atomic mass is 19.4. The number of alkyl halides is 8. The van der Waals surface area contributed by atoms with E-state index < -0.39 is 115 Å². The largest absolute Gasteiger partial charge is 0.453 e. The Balaban J connectivity index is 1.34. The van der Waals surface area contributed by atoms with Crippen LogP contribution >= 0.6 is 0 Å². The lowest BCUT2D eigenvalue weighted by Crippen LogP contribution is -2.63. The van der Waals surface area contributed by atoms with E-state index in [2.05, 4.69) is 36.7 Å². The number of alkyl carbamates (subject to hydrolysis) is 2. The summed E-state index contributed by atoms with van der Waals surface area (Å²) in [6, 6.07) is 7.55. The molecule has 0 saturated carbocycles. The molecule has 3 heterocycles. The third-order valence-corrected chi connectivity index (χ3v) is 13.3. The number of hydrogen-bond donors (Lipinski definition) is 5. The van der Waals surface area contributed by atoms with Crippen LogP contribution < -0.4 is 21.4 Å². The zero-order valence-corrected chi connectivity index (χ0v) is 43.7. The number of ether oxygens (including phenoxy) is 2. The summed E-state index contributed by atoms with van der Waals surface area (Å²) in [5, 5.41) is 21.9. The van der Waals surface area contributed by atoms with Crippen LogP contribution in [0.5, 0.6) is 0 Å².